The van der Waals surface area contributed by atoms with Crippen LogP contribution in [0.15, 0.2) is 12.1 Å². The molecule has 1 aliphatic carbocycles. The van der Waals surface area contributed by atoms with Crippen LogP contribution in [-0.4, -0.2) is 27.9 Å². The van der Waals surface area contributed by atoms with Gasteiger partial charge in [-0.15, -0.1) is 0 Å². The summed E-state index contributed by atoms with van der Waals surface area (Å²) in [4.78, 5) is 0. The zero-order valence-corrected chi connectivity index (χ0v) is 12.7. The van der Waals surface area contributed by atoms with Crippen molar-refractivity contribution in [3.63, 3.8) is 0 Å². The van der Waals surface area contributed by atoms with Crippen LogP contribution >= 0.6 is 0 Å². The summed E-state index contributed by atoms with van der Waals surface area (Å²) in [6.07, 6.45) is 6.78. The lowest BCUT2D eigenvalue weighted by Crippen LogP contribution is -2.17. The molecule has 0 spiro atoms. The van der Waals surface area contributed by atoms with E-state index in [1.54, 1.807) is 21.3 Å². The monoisotopic (exact) mass is 279 g/mol. The fourth-order valence-electron chi connectivity index (χ4n) is 2.84. The Kier molecular flexibility index (Phi) is 5.39. The molecule has 4 nitrogen and oxygen atoms in total. The molecular weight excluding hydrogens is 254 g/mol. The van der Waals surface area contributed by atoms with Gasteiger partial charge >= 0.3 is 0 Å². The maximum absolute atomic E-state index is 5.37. The van der Waals surface area contributed by atoms with Gasteiger partial charge in [0.1, 0.15) is 0 Å². The van der Waals surface area contributed by atoms with Crippen molar-refractivity contribution < 1.29 is 14.2 Å². The molecule has 0 amide bonds. The standard InChI is InChI=1S/C16H25NO3/c1-18-14-9-13(10-15(19-2)16(14)20-3)17-11-12-7-5-4-6-8-12/h9-10,12,17H,4-8,11H2,1-3H3. The fourth-order valence-corrected chi connectivity index (χ4v) is 2.84. The molecule has 1 aromatic carbocycles. The summed E-state index contributed by atoms with van der Waals surface area (Å²) < 4.78 is 16.1. The van der Waals surface area contributed by atoms with Gasteiger partial charge in [-0.25, -0.2) is 0 Å². The fraction of sp³-hybridized carbons (Fsp3) is 0.625. The molecule has 20 heavy (non-hydrogen) atoms. The Morgan fingerprint density at radius 1 is 0.950 bits per heavy atom. The Labute approximate surface area is 121 Å². The van der Waals surface area contributed by atoms with Crippen molar-refractivity contribution in [3.05, 3.63) is 12.1 Å². The molecule has 1 aromatic rings. The van der Waals surface area contributed by atoms with Crippen molar-refractivity contribution in [2.45, 2.75) is 32.1 Å². The van der Waals surface area contributed by atoms with E-state index < -0.39 is 0 Å². The predicted octanol–water partition coefficient (Wildman–Crippen LogP) is 3.70. The molecule has 1 N–H and O–H groups in total. The van der Waals surface area contributed by atoms with Gasteiger partial charge < -0.3 is 19.5 Å². The van der Waals surface area contributed by atoms with Crippen LogP contribution in [0.3, 0.4) is 0 Å². The van der Waals surface area contributed by atoms with Gasteiger partial charge in [-0.1, -0.05) is 19.3 Å². The lowest BCUT2D eigenvalue weighted by Gasteiger charge is -2.23. The maximum atomic E-state index is 5.37. The zero-order chi connectivity index (χ0) is 14.4. The predicted molar refractivity (Wildman–Crippen MR) is 81.2 cm³/mol. The largest absolute Gasteiger partial charge is 0.493 e. The molecule has 0 unspecified atom stereocenters. The summed E-state index contributed by atoms with van der Waals surface area (Å²) in [5.74, 6) is 2.80. The highest BCUT2D eigenvalue weighted by Crippen LogP contribution is 2.40. The second-order valence-corrected chi connectivity index (χ2v) is 5.30. The number of hydrogen-bond acceptors (Lipinski definition) is 4. The lowest BCUT2D eigenvalue weighted by molar-refractivity contribution is 0.324. The average Bonchev–Trinajstić information content (AvgIpc) is 2.52. The highest BCUT2D eigenvalue weighted by atomic mass is 16.5. The molecule has 2 rings (SSSR count). The number of anilines is 1. The number of nitrogens with one attached hydrogen (secondary N) is 1. The van der Waals surface area contributed by atoms with Gasteiger partial charge in [0.25, 0.3) is 0 Å². The number of rotatable bonds is 6. The van der Waals surface area contributed by atoms with Gasteiger partial charge in [0.05, 0.1) is 21.3 Å². The van der Waals surface area contributed by atoms with Crippen molar-refractivity contribution in [1.82, 2.24) is 0 Å². The maximum Gasteiger partial charge on any atom is 0.203 e. The van der Waals surface area contributed by atoms with Crippen LogP contribution in [0, 0.1) is 5.92 Å². The summed E-state index contributed by atoms with van der Waals surface area (Å²) in [5, 5.41) is 3.50. The Hall–Kier alpha value is -1.58. The van der Waals surface area contributed by atoms with E-state index in [-0.39, 0.29) is 0 Å². The number of ether oxygens (including phenoxy) is 3. The highest BCUT2D eigenvalue weighted by molar-refractivity contribution is 5.62. The van der Waals surface area contributed by atoms with Crippen LogP contribution in [0.5, 0.6) is 17.2 Å². The average molecular weight is 279 g/mol. The van der Waals surface area contributed by atoms with Crippen molar-refractivity contribution in [3.8, 4) is 17.2 Å². The van der Waals surface area contributed by atoms with Crippen LogP contribution in [0.4, 0.5) is 5.69 Å². The Bertz CT molecular complexity index is 403. The molecule has 0 aliphatic heterocycles. The Balaban J connectivity index is 2.06. The second-order valence-electron chi connectivity index (χ2n) is 5.30. The molecule has 0 heterocycles. The van der Waals surface area contributed by atoms with Gasteiger partial charge in [0.2, 0.25) is 5.75 Å². The first-order valence-corrected chi connectivity index (χ1v) is 7.32. The van der Waals surface area contributed by atoms with E-state index in [4.69, 9.17) is 14.2 Å². The molecule has 4 heteroatoms. The van der Waals surface area contributed by atoms with Crippen LogP contribution in [0.1, 0.15) is 32.1 Å². The number of methoxy groups -OCH3 is 3. The lowest BCUT2D eigenvalue weighted by atomic mass is 9.89. The van der Waals surface area contributed by atoms with E-state index in [0.29, 0.717) is 17.2 Å². The van der Waals surface area contributed by atoms with Gasteiger partial charge in [0.15, 0.2) is 11.5 Å². The third kappa shape index (κ3) is 3.50. The van der Waals surface area contributed by atoms with Crippen molar-refractivity contribution in [1.29, 1.82) is 0 Å². The minimum Gasteiger partial charge on any atom is -0.493 e. The summed E-state index contributed by atoms with van der Waals surface area (Å²) in [7, 11) is 4.90. The van der Waals surface area contributed by atoms with Crippen molar-refractivity contribution in [2.75, 3.05) is 33.2 Å². The van der Waals surface area contributed by atoms with Gasteiger partial charge in [-0.3, -0.25) is 0 Å². The summed E-state index contributed by atoms with van der Waals surface area (Å²) in [6, 6.07) is 3.92. The van der Waals surface area contributed by atoms with E-state index in [2.05, 4.69) is 5.32 Å². The number of hydrogen-bond donors (Lipinski definition) is 1. The van der Waals surface area contributed by atoms with E-state index in [1.807, 2.05) is 12.1 Å². The highest BCUT2D eigenvalue weighted by Gasteiger charge is 2.15. The molecule has 112 valence electrons. The van der Waals surface area contributed by atoms with E-state index >= 15 is 0 Å². The third-order valence-corrected chi connectivity index (χ3v) is 3.98. The molecule has 0 aromatic heterocycles. The molecule has 1 fully saturated rings. The van der Waals surface area contributed by atoms with Crippen LogP contribution in [0.2, 0.25) is 0 Å². The molecule has 1 saturated carbocycles. The zero-order valence-electron chi connectivity index (χ0n) is 12.7. The first-order valence-electron chi connectivity index (χ1n) is 7.32. The van der Waals surface area contributed by atoms with Crippen LogP contribution in [0.25, 0.3) is 0 Å². The van der Waals surface area contributed by atoms with E-state index in [9.17, 15) is 0 Å². The molecule has 0 saturated heterocycles. The molecule has 0 atom stereocenters. The first kappa shape index (κ1) is 14.8. The summed E-state index contributed by atoms with van der Waals surface area (Å²) >= 11 is 0. The van der Waals surface area contributed by atoms with E-state index in [1.165, 1.54) is 32.1 Å². The van der Waals surface area contributed by atoms with Crippen LogP contribution in [-0.2, 0) is 0 Å². The minimum atomic E-state index is 0.637. The quantitative estimate of drug-likeness (QED) is 0.861. The third-order valence-electron chi connectivity index (χ3n) is 3.98. The molecular formula is C16H25NO3. The van der Waals surface area contributed by atoms with Crippen LogP contribution < -0.4 is 19.5 Å². The summed E-state index contributed by atoms with van der Waals surface area (Å²) in [5.41, 5.74) is 1.02. The first-order chi connectivity index (χ1) is 9.78. The van der Waals surface area contributed by atoms with Crippen molar-refractivity contribution >= 4 is 5.69 Å². The van der Waals surface area contributed by atoms with E-state index in [0.717, 1.165) is 18.2 Å². The normalized spacial score (nSPS) is 15.8. The topological polar surface area (TPSA) is 39.7 Å². The molecule has 0 bridgehead atoms. The second kappa shape index (κ2) is 7.27. The van der Waals surface area contributed by atoms with Gasteiger partial charge in [-0.05, 0) is 18.8 Å². The van der Waals surface area contributed by atoms with Gasteiger partial charge in [-0.2, -0.15) is 0 Å². The smallest absolute Gasteiger partial charge is 0.203 e. The SMILES string of the molecule is COc1cc(NCC2CCCCC2)cc(OC)c1OC. The number of benzene rings is 1. The Morgan fingerprint density at radius 2 is 1.55 bits per heavy atom. The molecule has 1 aliphatic rings. The Morgan fingerprint density at radius 3 is 2.05 bits per heavy atom. The summed E-state index contributed by atoms with van der Waals surface area (Å²) in [6.45, 7) is 1.01. The van der Waals surface area contributed by atoms with Crippen molar-refractivity contribution in [2.24, 2.45) is 5.92 Å². The minimum absolute atomic E-state index is 0.637. The molecule has 0 radical (unpaired) electrons. The van der Waals surface area contributed by atoms with Gasteiger partial charge in [0, 0.05) is 24.4 Å².